The molecular weight excluding hydrogens is 536 g/mol. The van der Waals surface area contributed by atoms with Crippen LogP contribution in [0.15, 0.2) is 11.6 Å². The summed E-state index contributed by atoms with van der Waals surface area (Å²) in [6, 6.07) is 0. The quantitative estimate of drug-likeness (QED) is 0.133. The maximum atomic E-state index is 13.2. The predicted octanol–water partition coefficient (Wildman–Crippen LogP) is 4.39. The highest BCUT2D eigenvalue weighted by atomic mass is 16.6. The average molecular weight is 591 g/mol. The fraction of sp³-hybridized carbons (Fsp3) is 0.882. The number of epoxide rings is 1. The Labute approximate surface area is 251 Å². The van der Waals surface area contributed by atoms with Crippen molar-refractivity contribution in [3.8, 4) is 0 Å². The van der Waals surface area contributed by atoms with Crippen molar-refractivity contribution >= 4 is 11.8 Å². The number of fused-ring (bicyclic) bond motifs is 7. The van der Waals surface area contributed by atoms with Crippen LogP contribution >= 0.6 is 0 Å². The smallest absolute Gasteiger partial charge is 0.306 e. The van der Waals surface area contributed by atoms with Crippen molar-refractivity contribution in [1.82, 2.24) is 0 Å². The van der Waals surface area contributed by atoms with E-state index < -0.39 is 70.2 Å². The van der Waals surface area contributed by atoms with Gasteiger partial charge in [0.1, 0.15) is 17.3 Å². The summed E-state index contributed by atoms with van der Waals surface area (Å²) in [5.74, 6) is -3.39. The number of carbonyl (C=O) groups is 2. The average Bonchev–Trinajstić information content (AvgIpc) is 3.76. The number of carbonyl (C=O) groups excluding carboxylic acids is 2. The molecule has 4 N–H and O–H groups in total. The second-order valence-electron chi connectivity index (χ2n) is 14.9. The van der Waals surface area contributed by atoms with Gasteiger partial charge in [-0.15, -0.1) is 0 Å². The fourth-order valence-electron chi connectivity index (χ4n) is 9.63. The molecule has 3 saturated carbocycles. The number of esters is 1. The number of ether oxygens (including phenoxy) is 2. The van der Waals surface area contributed by atoms with Crippen molar-refractivity contribution in [3.63, 3.8) is 0 Å². The minimum Gasteiger partial charge on any atom is -0.458 e. The molecule has 0 aromatic carbocycles. The van der Waals surface area contributed by atoms with Gasteiger partial charge in [0.25, 0.3) is 0 Å². The summed E-state index contributed by atoms with van der Waals surface area (Å²) in [7, 11) is 0. The van der Waals surface area contributed by atoms with E-state index in [4.69, 9.17) is 9.47 Å². The molecule has 0 amide bonds. The van der Waals surface area contributed by atoms with E-state index in [1.54, 1.807) is 13.0 Å². The molecule has 0 unspecified atom stereocenters. The number of hydrogen-bond donors (Lipinski definition) is 4. The SMILES string of the molecule is CCCCCCCCCCCCCC(=O)O[C@@]12C[C@@H](C)[C@@]3(O)[C@@H]([C@H]4O[C@]4(CO)[C@@H](O)[C@]4(O)C(=O)C(C)=C[C@H]43)[C@@H]1C2(C)C. The van der Waals surface area contributed by atoms with Gasteiger partial charge >= 0.3 is 5.97 Å². The molecule has 8 nitrogen and oxygen atoms in total. The zero-order chi connectivity index (χ0) is 30.7. The Bertz CT molecular complexity index is 1090. The van der Waals surface area contributed by atoms with Crippen LogP contribution in [0.2, 0.25) is 0 Å². The number of Topliss-reactive ketones (excluding diaryl/α,β-unsaturated/α-hetero) is 1. The lowest BCUT2D eigenvalue weighted by molar-refractivity contribution is -0.215. The third-order valence-corrected chi connectivity index (χ3v) is 12.2. The van der Waals surface area contributed by atoms with Crippen molar-refractivity contribution in [2.24, 2.45) is 29.1 Å². The fourth-order valence-corrected chi connectivity index (χ4v) is 9.63. The molecule has 0 bridgehead atoms. The van der Waals surface area contributed by atoms with E-state index >= 15 is 0 Å². The first-order valence-corrected chi connectivity index (χ1v) is 16.7. The standard InChI is InChI=1S/C34H54O8/c1-6-7-8-9-10-11-12-13-14-15-16-17-24(36)41-32-19-22(3)33(39)23-18-21(2)27(37)34(23,40)29(38)31(20-35)28(42-31)25(33)26(32)30(32,4)5/h18,22-23,25-26,28-29,35,38-40H,6-17,19-20H2,1-5H3/t22-,23+,25-,26-,28-,29-,31+,32+,33+,34-/m1/s1. The van der Waals surface area contributed by atoms with Crippen LogP contribution in [-0.4, -0.2) is 73.4 Å². The predicted molar refractivity (Wildman–Crippen MR) is 157 cm³/mol. The number of unbranched alkanes of at least 4 members (excludes halogenated alkanes) is 10. The monoisotopic (exact) mass is 590 g/mol. The summed E-state index contributed by atoms with van der Waals surface area (Å²) >= 11 is 0. The molecule has 1 heterocycles. The normalized spacial score (nSPS) is 44.3. The van der Waals surface area contributed by atoms with Crippen LogP contribution in [0, 0.1) is 29.1 Å². The summed E-state index contributed by atoms with van der Waals surface area (Å²) in [6.07, 6.45) is 13.1. The second kappa shape index (κ2) is 11.2. The van der Waals surface area contributed by atoms with E-state index in [2.05, 4.69) is 6.92 Å². The molecule has 4 fully saturated rings. The van der Waals surface area contributed by atoms with Crippen LogP contribution in [0.25, 0.3) is 0 Å². The molecule has 1 aliphatic heterocycles. The Morgan fingerprint density at radius 3 is 2.17 bits per heavy atom. The Morgan fingerprint density at radius 2 is 1.60 bits per heavy atom. The highest BCUT2D eigenvalue weighted by Gasteiger charge is 2.90. The summed E-state index contributed by atoms with van der Waals surface area (Å²) in [5.41, 5.74) is -6.50. The minimum atomic E-state index is -2.30. The summed E-state index contributed by atoms with van der Waals surface area (Å²) < 4.78 is 12.3. The Hall–Kier alpha value is -1.32. The van der Waals surface area contributed by atoms with Crippen LogP contribution in [0.5, 0.6) is 0 Å². The van der Waals surface area contributed by atoms with E-state index in [1.807, 2.05) is 20.8 Å². The molecule has 5 aliphatic rings. The van der Waals surface area contributed by atoms with Gasteiger partial charge in [-0.2, -0.15) is 0 Å². The van der Waals surface area contributed by atoms with Crippen LogP contribution in [0.1, 0.15) is 118 Å². The van der Waals surface area contributed by atoms with E-state index in [0.29, 0.717) is 12.8 Å². The Kier molecular flexibility index (Phi) is 8.59. The highest BCUT2D eigenvalue weighted by molar-refractivity contribution is 6.05. The van der Waals surface area contributed by atoms with E-state index in [9.17, 15) is 30.0 Å². The maximum Gasteiger partial charge on any atom is 0.306 e. The van der Waals surface area contributed by atoms with Crippen molar-refractivity contribution in [2.45, 2.75) is 153 Å². The molecule has 5 rings (SSSR count). The third kappa shape index (κ3) is 4.48. The van der Waals surface area contributed by atoms with Crippen LogP contribution in [0.3, 0.4) is 0 Å². The first kappa shape index (κ1) is 32.1. The van der Waals surface area contributed by atoms with Crippen LogP contribution in [0.4, 0.5) is 0 Å². The summed E-state index contributed by atoms with van der Waals surface area (Å²) in [6.45, 7) is 9.14. The molecule has 10 atom stereocenters. The topological polar surface area (TPSA) is 137 Å². The number of ketones is 1. The number of aliphatic hydroxyl groups is 4. The molecule has 8 heteroatoms. The van der Waals surface area contributed by atoms with Gasteiger partial charge in [0.2, 0.25) is 0 Å². The number of rotatable bonds is 14. The summed E-state index contributed by atoms with van der Waals surface area (Å²) in [5, 5.41) is 46.2. The first-order valence-electron chi connectivity index (χ1n) is 16.7. The van der Waals surface area contributed by atoms with Gasteiger partial charge in [-0.25, -0.2) is 0 Å². The molecule has 0 spiro atoms. The lowest BCUT2D eigenvalue weighted by Crippen LogP contribution is -2.65. The Morgan fingerprint density at radius 1 is 1.02 bits per heavy atom. The zero-order valence-corrected chi connectivity index (χ0v) is 26.4. The van der Waals surface area contributed by atoms with Crippen molar-refractivity contribution in [1.29, 1.82) is 0 Å². The van der Waals surface area contributed by atoms with Gasteiger partial charge in [-0.3, -0.25) is 9.59 Å². The molecule has 0 aromatic rings. The van der Waals surface area contributed by atoms with E-state index in [0.717, 1.165) is 19.3 Å². The number of hydrogen-bond acceptors (Lipinski definition) is 8. The van der Waals surface area contributed by atoms with Gasteiger partial charge in [-0.05, 0) is 31.3 Å². The van der Waals surface area contributed by atoms with Gasteiger partial charge in [0.15, 0.2) is 11.4 Å². The zero-order valence-electron chi connectivity index (χ0n) is 26.4. The molecule has 0 radical (unpaired) electrons. The van der Waals surface area contributed by atoms with Gasteiger partial charge in [0.05, 0.1) is 18.3 Å². The van der Waals surface area contributed by atoms with Crippen molar-refractivity contribution in [2.75, 3.05) is 6.61 Å². The Balaban J connectivity index is 1.24. The second-order valence-corrected chi connectivity index (χ2v) is 14.9. The van der Waals surface area contributed by atoms with Gasteiger partial charge < -0.3 is 29.9 Å². The highest BCUT2D eigenvalue weighted by Crippen LogP contribution is 2.79. The minimum absolute atomic E-state index is 0.235. The van der Waals surface area contributed by atoms with Gasteiger partial charge in [0, 0.05) is 29.6 Å². The molecule has 4 aliphatic carbocycles. The van der Waals surface area contributed by atoms with Crippen LogP contribution < -0.4 is 0 Å². The number of aliphatic hydroxyl groups excluding tert-OH is 2. The first-order chi connectivity index (χ1) is 19.8. The lowest BCUT2D eigenvalue weighted by Gasteiger charge is -2.51. The molecule has 1 saturated heterocycles. The molecular formula is C34H54O8. The largest absolute Gasteiger partial charge is 0.458 e. The maximum absolute atomic E-state index is 13.2. The van der Waals surface area contributed by atoms with Crippen molar-refractivity contribution < 1.29 is 39.5 Å². The third-order valence-electron chi connectivity index (χ3n) is 12.2. The van der Waals surface area contributed by atoms with Gasteiger partial charge in [-0.1, -0.05) is 98.0 Å². The van der Waals surface area contributed by atoms with E-state index in [-0.39, 0.29) is 17.5 Å². The molecule has 42 heavy (non-hydrogen) atoms. The molecule has 0 aromatic heterocycles. The molecule has 238 valence electrons. The lowest BCUT2D eigenvalue weighted by atomic mass is 9.59. The van der Waals surface area contributed by atoms with Crippen molar-refractivity contribution in [3.05, 3.63) is 11.6 Å². The summed E-state index contributed by atoms with van der Waals surface area (Å²) in [4.78, 5) is 26.4. The van der Waals surface area contributed by atoms with E-state index in [1.165, 1.54) is 51.4 Å². The van der Waals surface area contributed by atoms with Crippen LogP contribution in [-0.2, 0) is 19.1 Å².